The van der Waals surface area contributed by atoms with Crippen molar-refractivity contribution < 1.29 is 9.59 Å². The number of anilines is 1. The van der Waals surface area contributed by atoms with Crippen LogP contribution in [-0.4, -0.2) is 24.1 Å². The highest BCUT2D eigenvalue weighted by atomic mass is 79.9. The number of hydrazone groups is 1. The minimum Gasteiger partial charge on any atom is -0.346 e. The number of benzene rings is 1. The zero-order valence-corrected chi connectivity index (χ0v) is 14.9. The quantitative estimate of drug-likeness (QED) is 0.832. The van der Waals surface area contributed by atoms with Crippen LogP contribution >= 0.6 is 38.9 Å². The van der Waals surface area contributed by atoms with Gasteiger partial charge in [0.2, 0.25) is 0 Å². The molecule has 1 N–H and O–H groups in total. The SMILES string of the molecule is O=C(NCC1=NN(c2ccc(Br)cc2)C(=O)C1)c1ccc(Cl)s1. The molecule has 23 heavy (non-hydrogen) atoms. The van der Waals surface area contributed by atoms with Crippen LogP contribution in [0, 0.1) is 0 Å². The van der Waals surface area contributed by atoms with Crippen molar-refractivity contribution in [2.75, 3.05) is 11.6 Å². The van der Waals surface area contributed by atoms with Crippen molar-refractivity contribution >= 4 is 62.1 Å². The standard InChI is InChI=1S/C15H11BrClN3O2S/c16-9-1-3-11(4-2-9)20-14(21)7-10(19-20)8-18-15(22)12-5-6-13(17)23-12/h1-6H,7-8H2,(H,18,22). The van der Waals surface area contributed by atoms with Gasteiger partial charge in [0.05, 0.1) is 33.6 Å². The van der Waals surface area contributed by atoms with Gasteiger partial charge in [-0.15, -0.1) is 11.3 Å². The number of hydrogen-bond acceptors (Lipinski definition) is 4. The number of nitrogens with one attached hydrogen (secondary N) is 1. The second kappa shape index (κ2) is 6.82. The Balaban J connectivity index is 1.65. The van der Waals surface area contributed by atoms with E-state index in [1.54, 1.807) is 24.3 Å². The lowest BCUT2D eigenvalue weighted by atomic mass is 10.2. The number of hydrogen-bond donors (Lipinski definition) is 1. The van der Waals surface area contributed by atoms with Gasteiger partial charge in [-0.25, -0.2) is 5.01 Å². The molecule has 5 nitrogen and oxygen atoms in total. The third kappa shape index (κ3) is 3.80. The van der Waals surface area contributed by atoms with E-state index in [4.69, 9.17) is 11.6 Å². The Morgan fingerprint density at radius 3 is 2.70 bits per heavy atom. The lowest BCUT2D eigenvalue weighted by Gasteiger charge is -2.11. The molecule has 2 aromatic rings. The van der Waals surface area contributed by atoms with Gasteiger partial charge >= 0.3 is 0 Å². The summed E-state index contributed by atoms with van der Waals surface area (Å²) in [4.78, 5) is 24.6. The van der Waals surface area contributed by atoms with Crippen molar-refractivity contribution in [2.45, 2.75) is 6.42 Å². The smallest absolute Gasteiger partial charge is 0.261 e. The summed E-state index contributed by atoms with van der Waals surface area (Å²) >= 11 is 10.4. The average molecular weight is 413 g/mol. The van der Waals surface area contributed by atoms with Gasteiger partial charge in [0, 0.05) is 4.47 Å². The molecular weight excluding hydrogens is 402 g/mol. The average Bonchev–Trinajstić information content (AvgIpc) is 3.12. The van der Waals surface area contributed by atoms with Gasteiger partial charge in [-0.05, 0) is 36.4 Å². The normalized spacial score (nSPS) is 14.1. The third-order valence-corrected chi connectivity index (χ3v) is 4.91. The fourth-order valence-electron chi connectivity index (χ4n) is 2.07. The van der Waals surface area contributed by atoms with Crippen LogP contribution in [0.1, 0.15) is 16.1 Å². The molecule has 0 spiro atoms. The largest absolute Gasteiger partial charge is 0.346 e. The molecule has 0 atom stereocenters. The van der Waals surface area contributed by atoms with E-state index in [1.807, 2.05) is 12.1 Å². The second-order valence-corrected chi connectivity index (χ2v) is 7.44. The summed E-state index contributed by atoms with van der Waals surface area (Å²) in [6.45, 7) is 0.229. The molecule has 0 radical (unpaired) electrons. The molecule has 1 aromatic carbocycles. The lowest BCUT2D eigenvalue weighted by Crippen LogP contribution is -2.28. The molecule has 2 amide bonds. The predicted molar refractivity (Wildman–Crippen MR) is 95.3 cm³/mol. The van der Waals surface area contributed by atoms with Crippen LogP contribution in [-0.2, 0) is 4.79 Å². The molecule has 0 saturated heterocycles. The first-order valence-corrected chi connectivity index (χ1v) is 8.70. The topological polar surface area (TPSA) is 61.8 Å². The third-order valence-electron chi connectivity index (χ3n) is 3.15. The Morgan fingerprint density at radius 1 is 1.30 bits per heavy atom. The highest BCUT2D eigenvalue weighted by Gasteiger charge is 2.25. The molecule has 0 fully saturated rings. The van der Waals surface area contributed by atoms with Gasteiger partial charge in [0.1, 0.15) is 0 Å². The maximum atomic E-state index is 12.1. The zero-order chi connectivity index (χ0) is 16.4. The van der Waals surface area contributed by atoms with E-state index in [0.717, 1.165) is 4.47 Å². The van der Waals surface area contributed by atoms with E-state index in [9.17, 15) is 9.59 Å². The molecule has 1 aliphatic heterocycles. The Kier molecular flexibility index (Phi) is 4.79. The van der Waals surface area contributed by atoms with E-state index >= 15 is 0 Å². The first-order chi connectivity index (χ1) is 11.0. The maximum Gasteiger partial charge on any atom is 0.261 e. The summed E-state index contributed by atoms with van der Waals surface area (Å²) in [7, 11) is 0. The first-order valence-electron chi connectivity index (χ1n) is 6.71. The van der Waals surface area contributed by atoms with Crippen molar-refractivity contribution in [3.8, 4) is 0 Å². The van der Waals surface area contributed by atoms with Gasteiger partial charge in [0.15, 0.2) is 0 Å². The van der Waals surface area contributed by atoms with Crippen LogP contribution in [0.4, 0.5) is 5.69 Å². The second-order valence-electron chi connectivity index (χ2n) is 4.81. The van der Waals surface area contributed by atoms with Crippen LogP contribution in [0.15, 0.2) is 46.0 Å². The molecule has 8 heteroatoms. The van der Waals surface area contributed by atoms with Gasteiger partial charge in [-0.1, -0.05) is 27.5 Å². The Hall–Kier alpha value is -1.70. The van der Waals surface area contributed by atoms with Crippen molar-refractivity contribution in [2.24, 2.45) is 5.10 Å². The Morgan fingerprint density at radius 2 is 2.04 bits per heavy atom. The molecule has 0 saturated carbocycles. The molecular formula is C15H11BrClN3O2S. The molecule has 0 unspecified atom stereocenters. The molecule has 0 bridgehead atoms. The highest BCUT2D eigenvalue weighted by molar-refractivity contribution is 9.10. The van der Waals surface area contributed by atoms with Crippen LogP contribution in [0.2, 0.25) is 4.34 Å². The van der Waals surface area contributed by atoms with E-state index < -0.39 is 0 Å². The minimum absolute atomic E-state index is 0.115. The van der Waals surface area contributed by atoms with Crippen molar-refractivity contribution in [1.82, 2.24) is 5.32 Å². The summed E-state index contributed by atoms with van der Waals surface area (Å²) in [5, 5.41) is 8.40. The van der Waals surface area contributed by atoms with Gasteiger partial charge < -0.3 is 5.32 Å². The monoisotopic (exact) mass is 411 g/mol. The fourth-order valence-corrected chi connectivity index (χ4v) is 3.29. The maximum absolute atomic E-state index is 12.1. The molecule has 1 aromatic heterocycles. The number of halogens is 2. The number of rotatable bonds is 4. The van der Waals surface area contributed by atoms with E-state index in [-0.39, 0.29) is 24.8 Å². The van der Waals surface area contributed by atoms with Crippen molar-refractivity contribution in [3.05, 3.63) is 50.1 Å². The van der Waals surface area contributed by atoms with Crippen LogP contribution in [0.3, 0.4) is 0 Å². The summed E-state index contributed by atoms with van der Waals surface area (Å²) in [5.74, 6) is -0.338. The van der Waals surface area contributed by atoms with Gasteiger partial charge in [-0.3, -0.25) is 9.59 Å². The van der Waals surface area contributed by atoms with Crippen LogP contribution in [0.5, 0.6) is 0 Å². The van der Waals surface area contributed by atoms with E-state index in [0.29, 0.717) is 20.6 Å². The predicted octanol–water partition coefficient (Wildman–Crippen LogP) is 3.69. The number of carbonyl (C=O) groups excluding carboxylic acids is 2. The molecule has 2 heterocycles. The van der Waals surface area contributed by atoms with Gasteiger partial charge in [-0.2, -0.15) is 5.10 Å². The number of amides is 2. The molecule has 118 valence electrons. The fraction of sp³-hybridized carbons (Fsp3) is 0.133. The number of nitrogens with zero attached hydrogens (tertiary/aromatic N) is 2. The Labute approximate surface area is 150 Å². The highest BCUT2D eigenvalue weighted by Crippen LogP contribution is 2.23. The molecule has 1 aliphatic rings. The molecule has 0 aliphatic carbocycles. The van der Waals surface area contributed by atoms with Crippen molar-refractivity contribution in [1.29, 1.82) is 0 Å². The minimum atomic E-state index is -0.223. The lowest BCUT2D eigenvalue weighted by molar-refractivity contribution is -0.116. The summed E-state index contributed by atoms with van der Waals surface area (Å²) in [6.07, 6.45) is 0.196. The Bertz CT molecular complexity index is 788. The van der Waals surface area contributed by atoms with E-state index in [1.165, 1.54) is 16.3 Å². The zero-order valence-electron chi connectivity index (χ0n) is 11.8. The summed E-state index contributed by atoms with van der Waals surface area (Å²) in [5.41, 5.74) is 1.32. The summed E-state index contributed by atoms with van der Waals surface area (Å²) < 4.78 is 1.49. The van der Waals surface area contributed by atoms with Crippen LogP contribution in [0.25, 0.3) is 0 Å². The number of carbonyl (C=O) groups is 2. The number of thiophene rings is 1. The summed E-state index contributed by atoms with van der Waals surface area (Å²) in [6, 6.07) is 10.6. The van der Waals surface area contributed by atoms with Crippen molar-refractivity contribution in [3.63, 3.8) is 0 Å². The van der Waals surface area contributed by atoms with Gasteiger partial charge in [0.25, 0.3) is 11.8 Å². The van der Waals surface area contributed by atoms with Crippen LogP contribution < -0.4 is 10.3 Å². The molecule has 3 rings (SSSR count). The first kappa shape index (κ1) is 16.2. The van der Waals surface area contributed by atoms with E-state index in [2.05, 4.69) is 26.3 Å².